The van der Waals surface area contributed by atoms with Gasteiger partial charge in [-0.05, 0) is 37.3 Å². The fourth-order valence-corrected chi connectivity index (χ4v) is 3.91. The van der Waals surface area contributed by atoms with Gasteiger partial charge < -0.3 is 9.64 Å². The molecule has 0 spiro atoms. The summed E-state index contributed by atoms with van der Waals surface area (Å²) < 4.78 is 57.6. The van der Waals surface area contributed by atoms with E-state index >= 15 is 0 Å². The van der Waals surface area contributed by atoms with Crippen LogP contribution in [0.2, 0.25) is 0 Å². The first-order chi connectivity index (χ1) is 13.7. The van der Waals surface area contributed by atoms with Crippen LogP contribution in [0.15, 0.2) is 53.4 Å². The number of carbonyl (C=O) groups excluding carboxylic acids is 1. The second-order valence-corrected chi connectivity index (χ2v) is 8.44. The first-order valence-electron chi connectivity index (χ1n) is 8.89. The van der Waals surface area contributed by atoms with Gasteiger partial charge in [0.1, 0.15) is 0 Å². The fourth-order valence-electron chi connectivity index (χ4n) is 2.67. The van der Waals surface area contributed by atoms with Crippen molar-refractivity contribution in [2.24, 2.45) is 0 Å². The Morgan fingerprint density at radius 3 is 2.38 bits per heavy atom. The van der Waals surface area contributed by atoms with Crippen molar-refractivity contribution in [1.29, 1.82) is 0 Å². The summed E-state index contributed by atoms with van der Waals surface area (Å²) in [4.78, 5) is 13.5. The Balaban J connectivity index is 2.33. The lowest BCUT2D eigenvalue weighted by molar-refractivity contribution is 0.0478. The van der Waals surface area contributed by atoms with Crippen LogP contribution in [0.4, 0.5) is 14.5 Å². The number of sulfonamides is 1. The van der Waals surface area contributed by atoms with E-state index in [9.17, 15) is 22.0 Å². The molecule has 9 heteroatoms. The van der Waals surface area contributed by atoms with Gasteiger partial charge in [-0.2, -0.15) is 0 Å². The number of alkyl halides is 2. The summed E-state index contributed by atoms with van der Waals surface area (Å²) in [5, 5.41) is 0. The second kappa shape index (κ2) is 9.80. The molecule has 2 aromatic carbocycles. The molecule has 2 aromatic rings. The Kier molecular flexibility index (Phi) is 7.69. The van der Waals surface area contributed by atoms with E-state index in [1.54, 1.807) is 24.3 Å². The van der Waals surface area contributed by atoms with Crippen molar-refractivity contribution >= 4 is 21.6 Å². The molecule has 6 nitrogen and oxygen atoms in total. The largest absolute Gasteiger partial charge is 0.383 e. The van der Waals surface area contributed by atoms with E-state index in [0.717, 1.165) is 14.8 Å². The predicted molar refractivity (Wildman–Crippen MR) is 107 cm³/mol. The molecule has 0 saturated heterocycles. The van der Waals surface area contributed by atoms with Crippen LogP contribution >= 0.6 is 0 Å². The molecule has 2 rings (SSSR count). The van der Waals surface area contributed by atoms with E-state index in [2.05, 4.69) is 0 Å². The Morgan fingerprint density at radius 2 is 1.79 bits per heavy atom. The molecule has 0 aliphatic carbocycles. The molecule has 0 bridgehead atoms. The Bertz CT molecular complexity index is 934. The second-order valence-electron chi connectivity index (χ2n) is 6.47. The summed E-state index contributed by atoms with van der Waals surface area (Å²) in [6, 6.07) is 12.3. The highest BCUT2D eigenvalue weighted by Gasteiger charge is 2.24. The highest BCUT2D eigenvalue weighted by Crippen LogP contribution is 2.23. The lowest BCUT2D eigenvalue weighted by Gasteiger charge is -2.23. The molecule has 0 fully saturated rings. The number of anilines is 1. The van der Waals surface area contributed by atoms with Crippen molar-refractivity contribution in [1.82, 2.24) is 4.90 Å². The minimum Gasteiger partial charge on any atom is -0.383 e. The van der Waals surface area contributed by atoms with Crippen LogP contribution in [-0.2, 0) is 14.8 Å². The van der Waals surface area contributed by atoms with Crippen molar-refractivity contribution in [2.45, 2.75) is 18.2 Å². The van der Waals surface area contributed by atoms with Gasteiger partial charge in [-0.1, -0.05) is 23.8 Å². The van der Waals surface area contributed by atoms with Gasteiger partial charge >= 0.3 is 0 Å². The summed E-state index contributed by atoms with van der Waals surface area (Å²) >= 11 is 0. The quantitative estimate of drug-likeness (QED) is 0.618. The smallest absolute Gasteiger partial charge is 0.264 e. The average molecular weight is 426 g/mol. The van der Waals surface area contributed by atoms with Crippen LogP contribution in [0.3, 0.4) is 0 Å². The van der Waals surface area contributed by atoms with E-state index in [0.29, 0.717) is 5.69 Å². The Morgan fingerprint density at radius 1 is 1.14 bits per heavy atom. The number of nitrogens with zero attached hydrogens (tertiary/aromatic N) is 2. The van der Waals surface area contributed by atoms with Crippen LogP contribution in [-0.4, -0.2) is 59.5 Å². The van der Waals surface area contributed by atoms with Crippen molar-refractivity contribution in [3.8, 4) is 0 Å². The lowest BCUT2D eigenvalue weighted by Crippen LogP contribution is -2.37. The minimum absolute atomic E-state index is 0.0140. The number of aryl methyl sites for hydroxylation is 1. The van der Waals surface area contributed by atoms with E-state index in [-0.39, 0.29) is 23.6 Å². The SMILES string of the molecule is COCCN(CC(F)F)C(=O)c1cccc(S(=O)(=O)N(C)c2ccc(C)cc2)c1. The number of hydrogen-bond acceptors (Lipinski definition) is 4. The molecule has 29 heavy (non-hydrogen) atoms. The van der Waals surface area contributed by atoms with Crippen molar-refractivity contribution in [2.75, 3.05) is 38.2 Å². The zero-order valence-corrected chi connectivity index (χ0v) is 17.3. The van der Waals surface area contributed by atoms with Crippen LogP contribution in [0.25, 0.3) is 0 Å². The number of methoxy groups -OCH3 is 1. The third kappa shape index (κ3) is 5.74. The summed E-state index contributed by atoms with van der Waals surface area (Å²) in [7, 11) is -1.12. The monoisotopic (exact) mass is 426 g/mol. The molecule has 0 saturated carbocycles. The van der Waals surface area contributed by atoms with Gasteiger partial charge in [0.25, 0.3) is 22.4 Å². The summed E-state index contributed by atoms with van der Waals surface area (Å²) in [6.45, 7) is 1.19. The maximum absolute atomic E-state index is 13.0. The summed E-state index contributed by atoms with van der Waals surface area (Å²) in [5.74, 6) is -0.683. The van der Waals surface area contributed by atoms with Gasteiger partial charge in [-0.25, -0.2) is 17.2 Å². The highest BCUT2D eigenvalue weighted by molar-refractivity contribution is 7.92. The predicted octanol–water partition coefficient (Wildman–Crippen LogP) is 3.17. The van der Waals surface area contributed by atoms with Crippen LogP contribution in [0, 0.1) is 6.92 Å². The van der Waals surface area contributed by atoms with Gasteiger partial charge in [-0.3, -0.25) is 9.10 Å². The molecule has 0 unspecified atom stereocenters. The van der Waals surface area contributed by atoms with Gasteiger partial charge in [0, 0.05) is 26.3 Å². The molecule has 0 N–H and O–H groups in total. The Hall–Kier alpha value is -2.52. The summed E-state index contributed by atoms with van der Waals surface area (Å²) in [5.41, 5.74) is 1.47. The molecule has 0 radical (unpaired) electrons. The number of amides is 1. The van der Waals surface area contributed by atoms with Gasteiger partial charge in [0.05, 0.1) is 23.7 Å². The molecule has 0 aliphatic rings. The van der Waals surface area contributed by atoms with Gasteiger partial charge in [0.2, 0.25) is 0 Å². The third-order valence-corrected chi connectivity index (χ3v) is 6.13. The van der Waals surface area contributed by atoms with E-state index in [1.165, 1.54) is 38.4 Å². The average Bonchev–Trinajstić information content (AvgIpc) is 2.70. The maximum Gasteiger partial charge on any atom is 0.264 e. The maximum atomic E-state index is 13.0. The zero-order chi connectivity index (χ0) is 21.6. The van der Waals surface area contributed by atoms with E-state index in [1.807, 2.05) is 6.92 Å². The van der Waals surface area contributed by atoms with Crippen LogP contribution in [0.1, 0.15) is 15.9 Å². The third-order valence-electron chi connectivity index (χ3n) is 4.35. The lowest BCUT2D eigenvalue weighted by atomic mass is 10.2. The molecule has 0 aliphatic heterocycles. The number of ether oxygens (including phenoxy) is 1. The molecular formula is C20H24F2N2O4S. The van der Waals surface area contributed by atoms with Crippen molar-refractivity contribution < 1.29 is 26.7 Å². The van der Waals surface area contributed by atoms with E-state index in [4.69, 9.17) is 4.74 Å². The molecule has 0 atom stereocenters. The van der Waals surface area contributed by atoms with Crippen molar-refractivity contribution in [3.63, 3.8) is 0 Å². The normalized spacial score (nSPS) is 11.5. The number of benzene rings is 2. The van der Waals surface area contributed by atoms with Crippen molar-refractivity contribution in [3.05, 3.63) is 59.7 Å². The summed E-state index contributed by atoms with van der Waals surface area (Å²) in [6.07, 6.45) is -2.71. The van der Waals surface area contributed by atoms with Crippen LogP contribution in [0.5, 0.6) is 0 Å². The minimum atomic E-state index is -3.94. The topological polar surface area (TPSA) is 66.9 Å². The zero-order valence-electron chi connectivity index (χ0n) is 16.5. The standard InChI is InChI=1S/C20H24F2N2O4S/c1-15-7-9-17(10-8-15)23(2)29(26,27)18-6-4-5-16(13-18)20(25)24(11-12-28-3)14-19(21)22/h4-10,13,19H,11-12,14H2,1-3H3. The van der Waals surface area contributed by atoms with Gasteiger partial charge in [0.15, 0.2) is 0 Å². The molecular weight excluding hydrogens is 402 g/mol. The first-order valence-corrected chi connectivity index (χ1v) is 10.3. The molecule has 0 aromatic heterocycles. The highest BCUT2D eigenvalue weighted by atomic mass is 32.2. The Labute approximate surface area is 169 Å². The number of hydrogen-bond donors (Lipinski definition) is 0. The fraction of sp³-hybridized carbons (Fsp3) is 0.350. The van der Waals surface area contributed by atoms with Gasteiger partial charge in [-0.15, -0.1) is 0 Å². The number of halogens is 2. The molecule has 1 amide bonds. The first kappa shape index (κ1) is 22.8. The van der Waals surface area contributed by atoms with E-state index < -0.39 is 28.9 Å². The molecule has 158 valence electrons. The molecule has 0 heterocycles. The number of carbonyl (C=O) groups is 1. The van der Waals surface area contributed by atoms with Crippen LogP contribution < -0.4 is 4.31 Å². The number of rotatable bonds is 9.